The molecular weight excluding hydrogens is 373 g/mol. The predicted octanol–water partition coefficient (Wildman–Crippen LogP) is 2.45. The third-order valence-electron chi connectivity index (χ3n) is 7.48. The Morgan fingerprint density at radius 1 is 1.00 bits per heavy atom. The number of amides is 1. The second kappa shape index (κ2) is 8.12. The molecule has 2 N–H and O–H groups in total. The Bertz CT molecular complexity index is 505. The van der Waals surface area contributed by atoms with Gasteiger partial charge in [0, 0.05) is 50.2 Å². The highest BCUT2D eigenvalue weighted by Gasteiger charge is 2.70. The van der Waals surface area contributed by atoms with Gasteiger partial charge in [-0.3, -0.25) is 9.69 Å². The van der Waals surface area contributed by atoms with Gasteiger partial charge < -0.3 is 15.4 Å². The van der Waals surface area contributed by atoms with Crippen molar-refractivity contribution in [2.45, 2.75) is 70.1 Å². The number of carbonyl (C=O) groups excluding carboxylic acids is 1. The van der Waals surface area contributed by atoms with E-state index in [4.69, 9.17) is 10.5 Å². The average Bonchev–Trinajstić information content (AvgIpc) is 3.15. The molecule has 3 unspecified atom stereocenters. The number of carbonyl (C=O) groups is 1. The van der Waals surface area contributed by atoms with Crippen LogP contribution >= 0.6 is 24.8 Å². The van der Waals surface area contributed by atoms with Crippen LogP contribution < -0.4 is 5.73 Å². The van der Waals surface area contributed by atoms with Crippen molar-refractivity contribution in [1.29, 1.82) is 0 Å². The molecule has 2 aliphatic heterocycles. The van der Waals surface area contributed by atoms with Gasteiger partial charge in [0.25, 0.3) is 0 Å². The van der Waals surface area contributed by atoms with Gasteiger partial charge in [-0.25, -0.2) is 0 Å². The molecule has 1 amide bonds. The molecule has 4 aliphatic rings. The van der Waals surface area contributed by atoms with Gasteiger partial charge in [-0.05, 0) is 25.7 Å². The van der Waals surface area contributed by atoms with Crippen molar-refractivity contribution in [2.24, 2.45) is 17.1 Å². The molecule has 4 fully saturated rings. The average molecular weight is 408 g/mol. The van der Waals surface area contributed by atoms with Crippen molar-refractivity contribution in [3.8, 4) is 0 Å². The normalized spacial score (nSPS) is 37.1. The minimum absolute atomic E-state index is 0. The Labute approximate surface area is 170 Å². The highest BCUT2D eigenvalue weighted by Crippen LogP contribution is 2.58. The van der Waals surface area contributed by atoms with E-state index in [2.05, 4.69) is 18.7 Å². The van der Waals surface area contributed by atoms with Gasteiger partial charge in [0.15, 0.2) is 0 Å². The fourth-order valence-corrected chi connectivity index (χ4v) is 5.83. The van der Waals surface area contributed by atoms with E-state index >= 15 is 0 Å². The van der Waals surface area contributed by atoms with E-state index in [1.807, 2.05) is 4.90 Å². The quantitative estimate of drug-likeness (QED) is 0.763. The monoisotopic (exact) mass is 407 g/mol. The highest BCUT2D eigenvalue weighted by atomic mass is 35.5. The van der Waals surface area contributed by atoms with E-state index in [0.29, 0.717) is 0 Å². The van der Waals surface area contributed by atoms with Crippen LogP contribution in [0.5, 0.6) is 0 Å². The molecule has 3 atom stereocenters. The van der Waals surface area contributed by atoms with Crippen LogP contribution in [0.3, 0.4) is 0 Å². The molecule has 2 saturated heterocycles. The molecule has 0 aromatic heterocycles. The number of hydrogen-bond donors (Lipinski definition) is 1. The number of halogens is 2. The zero-order chi connectivity index (χ0) is 16.9. The highest BCUT2D eigenvalue weighted by molar-refractivity contribution is 5.89. The summed E-state index contributed by atoms with van der Waals surface area (Å²) in [5, 5.41) is 0. The fourth-order valence-electron chi connectivity index (χ4n) is 5.83. The van der Waals surface area contributed by atoms with Crippen LogP contribution in [0.25, 0.3) is 0 Å². The maximum Gasteiger partial charge on any atom is 0.243 e. The minimum atomic E-state index is -0.742. The maximum absolute atomic E-state index is 13.3. The second-order valence-corrected chi connectivity index (χ2v) is 8.90. The van der Waals surface area contributed by atoms with Crippen LogP contribution in [0.4, 0.5) is 0 Å². The third kappa shape index (κ3) is 3.18. The molecular formula is C19H35Cl2N3O2. The summed E-state index contributed by atoms with van der Waals surface area (Å²) in [6.45, 7) is 8.74. The van der Waals surface area contributed by atoms with Crippen molar-refractivity contribution in [3.63, 3.8) is 0 Å². The molecule has 7 heteroatoms. The van der Waals surface area contributed by atoms with Crippen molar-refractivity contribution in [3.05, 3.63) is 0 Å². The molecule has 0 aromatic rings. The van der Waals surface area contributed by atoms with Crippen LogP contribution in [-0.2, 0) is 9.53 Å². The number of hydrogen-bond acceptors (Lipinski definition) is 4. The Kier molecular flexibility index (Phi) is 6.94. The van der Waals surface area contributed by atoms with Gasteiger partial charge in [-0.1, -0.05) is 26.7 Å². The molecule has 26 heavy (non-hydrogen) atoms. The largest absolute Gasteiger partial charge is 0.377 e. The molecule has 0 aromatic carbocycles. The van der Waals surface area contributed by atoms with Gasteiger partial charge in [0.1, 0.15) is 5.54 Å². The van der Waals surface area contributed by atoms with E-state index in [1.165, 1.54) is 25.7 Å². The molecule has 2 saturated carbocycles. The molecule has 152 valence electrons. The summed E-state index contributed by atoms with van der Waals surface area (Å²) < 4.78 is 5.95. The number of piperazine rings is 1. The van der Waals surface area contributed by atoms with Crippen molar-refractivity contribution < 1.29 is 9.53 Å². The van der Waals surface area contributed by atoms with Gasteiger partial charge in [0.05, 0.1) is 6.10 Å². The number of rotatable bonds is 2. The lowest BCUT2D eigenvalue weighted by atomic mass is 9.46. The smallest absolute Gasteiger partial charge is 0.243 e. The summed E-state index contributed by atoms with van der Waals surface area (Å²) in [4.78, 5) is 18.0. The van der Waals surface area contributed by atoms with Crippen molar-refractivity contribution >= 4 is 30.7 Å². The van der Waals surface area contributed by atoms with Crippen molar-refractivity contribution in [1.82, 2.24) is 9.80 Å². The summed E-state index contributed by atoms with van der Waals surface area (Å²) in [5.74, 6) is 0.368. The first-order chi connectivity index (χ1) is 11.5. The summed E-state index contributed by atoms with van der Waals surface area (Å²) in [6.07, 6.45) is 7.61. The first kappa shape index (κ1) is 22.2. The van der Waals surface area contributed by atoms with Crippen LogP contribution in [0.1, 0.15) is 52.4 Å². The third-order valence-corrected chi connectivity index (χ3v) is 7.48. The Morgan fingerprint density at radius 2 is 1.62 bits per heavy atom. The van der Waals surface area contributed by atoms with E-state index in [-0.39, 0.29) is 48.2 Å². The Hall–Kier alpha value is -0.0700. The lowest BCUT2D eigenvalue weighted by Gasteiger charge is -2.66. The van der Waals surface area contributed by atoms with Gasteiger partial charge in [-0.2, -0.15) is 0 Å². The number of nitrogens with zero attached hydrogens (tertiary/aromatic N) is 2. The van der Waals surface area contributed by atoms with E-state index in [9.17, 15) is 4.79 Å². The molecule has 2 heterocycles. The fraction of sp³-hybridized carbons (Fsp3) is 0.947. The molecule has 0 radical (unpaired) electrons. The van der Waals surface area contributed by atoms with Crippen LogP contribution in [0.2, 0.25) is 0 Å². The van der Waals surface area contributed by atoms with E-state index in [1.54, 1.807) is 0 Å². The molecule has 2 aliphatic carbocycles. The molecule has 4 rings (SSSR count). The molecule has 0 bridgehead atoms. The van der Waals surface area contributed by atoms with Crippen LogP contribution in [0.15, 0.2) is 0 Å². The summed E-state index contributed by atoms with van der Waals surface area (Å²) in [5.41, 5.74) is 5.77. The lowest BCUT2D eigenvalue weighted by Crippen LogP contribution is -2.82. The van der Waals surface area contributed by atoms with E-state index < -0.39 is 5.54 Å². The first-order valence-electron chi connectivity index (χ1n) is 9.90. The molecule has 0 spiro atoms. The number of ether oxygens (including phenoxy) is 1. The predicted molar refractivity (Wildman–Crippen MR) is 108 cm³/mol. The maximum atomic E-state index is 13.3. The van der Waals surface area contributed by atoms with Gasteiger partial charge in [-0.15, -0.1) is 24.8 Å². The first-order valence-corrected chi connectivity index (χ1v) is 9.90. The number of fused-ring (bicyclic) bond motifs is 1. The molecule has 5 nitrogen and oxygen atoms in total. The zero-order valence-electron chi connectivity index (χ0n) is 16.1. The second-order valence-electron chi connectivity index (χ2n) is 8.90. The Morgan fingerprint density at radius 3 is 2.23 bits per heavy atom. The zero-order valence-corrected chi connectivity index (χ0v) is 17.7. The minimum Gasteiger partial charge on any atom is -0.377 e. The number of nitrogens with two attached hydrogens (primary N) is 1. The lowest BCUT2D eigenvalue weighted by molar-refractivity contribution is -0.230. The van der Waals surface area contributed by atoms with Crippen molar-refractivity contribution in [2.75, 3.05) is 32.8 Å². The standard InChI is InChI=1S/C19H33N3O2.2ClH/c1-18(2)16-15(8-5-13-24-16)19(18,20)17(23)22-11-9-21(10-12-22)14-6-3-4-7-14;;/h14-16H,3-13,20H2,1-2H3;2*1H. The Balaban J connectivity index is 0.00000121. The SMILES string of the molecule is CC1(C)C2OCCCC2C1(N)C(=O)N1CCN(C2CCCC2)CC1.Cl.Cl. The van der Waals surface area contributed by atoms with Gasteiger partial charge >= 0.3 is 0 Å². The van der Waals surface area contributed by atoms with Gasteiger partial charge in [0.2, 0.25) is 5.91 Å². The van der Waals surface area contributed by atoms with Crippen LogP contribution in [0, 0.1) is 11.3 Å². The summed E-state index contributed by atoms with van der Waals surface area (Å²) >= 11 is 0. The van der Waals surface area contributed by atoms with E-state index in [0.717, 1.165) is 51.7 Å². The topological polar surface area (TPSA) is 58.8 Å². The summed E-state index contributed by atoms with van der Waals surface area (Å²) in [7, 11) is 0. The summed E-state index contributed by atoms with van der Waals surface area (Å²) in [6, 6.07) is 0.755. The van der Waals surface area contributed by atoms with Crippen LogP contribution in [-0.4, -0.2) is 66.2 Å².